The maximum absolute atomic E-state index is 12.9. The molecule has 546 valence electrons. The molecule has 0 bridgehead atoms. The van der Waals surface area contributed by atoms with Gasteiger partial charge in [-0.2, -0.15) is 13.0 Å². The summed E-state index contributed by atoms with van der Waals surface area (Å²) in [5.41, 5.74) is -0.0756. The van der Waals surface area contributed by atoms with Gasteiger partial charge >= 0.3 is 5.97 Å². The molecule has 2 aliphatic heterocycles. The second kappa shape index (κ2) is 37.9. The first-order valence-corrected chi connectivity index (χ1v) is 38.6. The molecule has 2 unspecified atom stereocenters. The van der Waals surface area contributed by atoms with Crippen molar-refractivity contribution in [3.8, 4) is 0 Å². The van der Waals surface area contributed by atoms with E-state index in [2.05, 4.69) is 0 Å². The van der Waals surface area contributed by atoms with Gasteiger partial charge in [0.2, 0.25) is 5.69 Å². The van der Waals surface area contributed by atoms with Crippen molar-refractivity contribution < 1.29 is 127 Å². The van der Waals surface area contributed by atoms with Crippen LogP contribution in [0.3, 0.4) is 0 Å². The van der Waals surface area contributed by atoms with Crippen molar-refractivity contribution in [1.82, 2.24) is 0 Å². The van der Waals surface area contributed by atoms with Crippen molar-refractivity contribution in [2.24, 2.45) is 0 Å². The SMILES string of the molecule is COCCOCCOCCOCCOCCC1(C)C(/C=C/C=C/C=C/C=C2/N(CCCCCC(=O)O)c3ccc4c(S(=O)(=O)[O-])cc(S(=O)(=O)[O-])cc4c3C2(C)CCOCCOCCOCCOCCOC)=[N+](CCCS(=O)(=O)O)c2ccc3c(S(=O)(=O)[O-])cc(S(=O)(=O)[O-])cc3c21. The van der Waals surface area contributed by atoms with Gasteiger partial charge in [-0.25, -0.2) is 33.7 Å². The van der Waals surface area contributed by atoms with Gasteiger partial charge in [-0.05, 0) is 104 Å². The highest BCUT2D eigenvalue weighted by Crippen LogP contribution is 2.54. The zero-order valence-corrected chi connectivity index (χ0v) is 59.1. The normalized spacial score (nSPS) is 17.6. The Labute approximate surface area is 572 Å². The van der Waals surface area contributed by atoms with Crippen LogP contribution in [0.4, 0.5) is 11.4 Å². The monoisotopic (exact) mass is 1470 g/mol. The Bertz CT molecular complexity index is 4120. The number of methoxy groups -OCH3 is 2. The van der Waals surface area contributed by atoms with Crippen LogP contribution in [0.15, 0.2) is 116 Å². The molecule has 0 fully saturated rings. The van der Waals surface area contributed by atoms with E-state index in [0.717, 1.165) is 12.1 Å². The Morgan fingerprint density at radius 2 is 0.929 bits per heavy atom. The van der Waals surface area contributed by atoms with Gasteiger partial charge in [-0.1, -0.05) is 42.9 Å². The summed E-state index contributed by atoms with van der Waals surface area (Å²) >= 11 is 0. The zero-order chi connectivity index (χ0) is 71.8. The molecule has 29 nitrogen and oxygen atoms in total. The van der Waals surface area contributed by atoms with Gasteiger partial charge in [0, 0.05) is 86.7 Å². The highest BCUT2D eigenvalue weighted by molar-refractivity contribution is 7.87. The number of aliphatic carboxylic acids is 1. The van der Waals surface area contributed by atoms with Crippen LogP contribution in [-0.2, 0) is 114 Å². The first-order valence-electron chi connectivity index (χ1n) is 31.4. The lowest BCUT2D eigenvalue weighted by molar-refractivity contribution is -0.437. The molecule has 2 aliphatic rings. The largest absolute Gasteiger partial charge is 0.744 e. The Morgan fingerprint density at radius 3 is 1.38 bits per heavy atom. The number of carbonyl (C=O) groups is 1. The summed E-state index contributed by atoms with van der Waals surface area (Å²) in [4.78, 5) is 9.57. The van der Waals surface area contributed by atoms with Gasteiger partial charge in [0.15, 0.2) is 5.71 Å². The average molecular weight is 1470 g/mol. The average Bonchev–Trinajstić information content (AvgIpc) is 1.54. The van der Waals surface area contributed by atoms with Crippen LogP contribution in [0.2, 0.25) is 0 Å². The summed E-state index contributed by atoms with van der Waals surface area (Å²) < 4.78 is 244. The van der Waals surface area contributed by atoms with Crippen LogP contribution in [0, 0.1) is 0 Å². The third-order valence-electron chi connectivity index (χ3n) is 16.2. The number of ether oxygens (including phenoxy) is 10. The van der Waals surface area contributed by atoms with Crippen LogP contribution in [0.5, 0.6) is 0 Å². The van der Waals surface area contributed by atoms with E-state index >= 15 is 0 Å². The summed E-state index contributed by atoms with van der Waals surface area (Å²) in [6, 6.07) is 8.79. The molecule has 6 rings (SSSR count). The van der Waals surface area contributed by atoms with Gasteiger partial charge in [0.05, 0.1) is 136 Å². The second-order valence-electron chi connectivity index (χ2n) is 23.0. The zero-order valence-electron chi connectivity index (χ0n) is 55.0. The molecule has 2 heterocycles. The van der Waals surface area contributed by atoms with Crippen LogP contribution in [0.1, 0.15) is 69.9 Å². The fourth-order valence-corrected chi connectivity index (χ4v) is 14.8. The summed E-state index contributed by atoms with van der Waals surface area (Å²) in [7, 11) is -22.9. The van der Waals surface area contributed by atoms with E-state index in [1.54, 1.807) is 74.3 Å². The fourth-order valence-electron chi connectivity index (χ4n) is 11.7. The molecule has 0 spiro atoms. The molecular formula is C64H85N2O27S5-3. The van der Waals surface area contributed by atoms with Gasteiger partial charge < -0.3 is 75.6 Å². The van der Waals surface area contributed by atoms with Crippen molar-refractivity contribution in [1.29, 1.82) is 0 Å². The summed E-state index contributed by atoms with van der Waals surface area (Å²) in [6.45, 7) is 8.48. The number of allylic oxidation sites excluding steroid dienone is 8. The first kappa shape index (κ1) is 81.4. The number of rotatable bonds is 48. The van der Waals surface area contributed by atoms with Gasteiger partial charge in [0.1, 0.15) is 47.0 Å². The highest BCUT2D eigenvalue weighted by Gasteiger charge is 2.49. The number of fused-ring (bicyclic) bond motifs is 6. The Hall–Kier alpha value is -5.55. The summed E-state index contributed by atoms with van der Waals surface area (Å²) in [6.07, 6.45) is 12.8. The number of nitrogens with zero attached hydrogens (tertiary/aromatic N) is 2. The predicted octanol–water partition coefficient (Wildman–Crippen LogP) is 5.42. The summed E-state index contributed by atoms with van der Waals surface area (Å²) in [5, 5.41) is 8.99. The fraction of sp³-hybridized carbons (Fsp3) is 0.531. The number of benzene rings is 4. The maximum Gasteiger partial charge on any atom is 0.303 e. The first-order chi connectivity index (χ1) is 46.4. The standard InChI is InChI=1S/C64H88N2O27S5/c1-63(21-25-86-31-33-90-39-41-92-37-35-88-29-27-84-3)58(65(23-12-8-11-16-60(67)68)54-19-17-50-52(61(54)63)44-48(95(72,73)74)46-56(50)97(78,79)80)14-9-6-5-7-10-15-59-64(2,22-26-87-32-34-91-40-42-93-38-36-89-30-28-85-4)62-53-45-49(96(75,76)77)47-57(98(81,82)83)51(53)18-20-55(62)66(59)24-13-43-94(69,70)71/h5-7,9-10,14-15,17-20,44-47H,8,11-13,16,21-43H2,1-4H3,(H5-,67,68,69,70,71,72,73,74,75,76,77,78,79,80,81,82,83)/p-3. The minimum absolute atomic E-state index is 0.00309. The van der Waals surface area contributed by atoms with E-state index in [-0.39, 0.29) is 132 Å². The van der Waals surface area contributed by atoms with Crippen molar-refractivity contribution in [2.45, 2.75) is 89.2 Å². The highest BCUT2D eigenvalue weighted by atomic mass is 32.2. The molecule has 0 saturated carbocycles. The van der Waals surface area contributed by atoms with Gasteiger partial charge in [0.25, 0.3) is 10.1 Å². The summed E-state index contributed by atoms with van der Waals surface area (Å²) in [5.74, 6) is -1.67. The number of carboxylic acids is 1. The lowest BCUT2D eigenvalue weighted by Gasteiger charge is -2.31. The molecule has 98 heavy (non-hydrogen) atoms. The van der Waals surface area contributed by atoms with Crippen LogP contribution in [0.25, 0.3) is 21.5 Å². The molecule has 34 heteroatoms. The number of carboxylic acid groups (broad SMARTS) is 1. The van der Waals surface area contributed by atoms with E-state index in [4.69, 9.17) is 47.4 Å². The lowest BCUT2D eigenvalue weighted by Crippen LogP contribution is -2.33. The number of hydrogen-bond donors (Lipinski definition) is 2. The Morgan fingerprint density at radius 1 is 0.500 bits per heavy atom. The molecule has 2 atom stereocenters. The van der Waals surface area contributed by atoms with E-state index in [1.807, 2.05) is 11.8 Å². The third kappa shape index (κ3) is 23.5. The molecule has 0 radical (unpaired) electrons. The molecule has 4 aromatic carbocycles. The van der Waals surface area contributed by atoms with Crippen molar-refractivity contribution in [3.63, 3.8) is 0 Å². The smallest absolute Gasteiger partial charge is 0.303 e. The quantitative estimate of drug-likeness (QED) is 0.0241. The van der Waals surface area contributed by atoms with Crippen LogP contribution >= 0.6 is 0 Å². The Kier molecular flexibility index (Phi) is 31.5. The number of anilines is 1. The van der Waals surface area contributed by atoms with Gasteiger partial charge in [-0.15, -0.1) is 0 Å². The topological polar surface area (TPSA) is 419 Å². The molecule has 0 aliphatic carbocycles. The molecule has 0 saturated heterocycles. The molecular weight excluding hydrogens is 1390 g/mol. The third-order valence-corrected chi connectivity index (χ3v) is 20.4. The van der Waals surface area contributed by atoms with Crippen molar-refractivity contribution in [3.05, 3.63) is 108 Å². The molecule has 0 amide bonds. The minimum atomic E-state index is -5.43. The van der Waals surface area contributed by atoms with E-state index < -0.39 is 92.7 Å². The molecule has 0 aromatic heterocycles. The van der Waals surface area contributed by atoms with E-state index in [9.17, 15) is 74.8 Å². The predicted molar refractivity (Wildman–Crippen MR) is 354 cm³/mol. The van der Waals surface area contributed by atoms with E-state index in [0.29, 0.717) is 113 Å². The van der Waals surface area contributed by atoms with Crippen molar-refractivity contribution >= 4 is 95.2 Å². The van der Waals surface area contributed by atoms with Crippen LogP contribution in [-0.4, -0.2) is 238 Å². The minimum Gasteiger partial charge on any atom is -0.744 e. The van der Waals surface area contributed by atoms with Crippen molar-refractivity contribution in [2.75, 3.05) is 157 Å². The van der Waals surface area contributed by atoms with Crippen LogP contribution < -0.4 is 4.90 Å². The van der Waals surface area contributed by atoms with E-state index in [1.165, 1.54) is 18.2 Å². The molecule has 4 aromatic rings. The number of unbranched alkanes of at least 4 members (excludes halogenated alkanes) is 2. The Balaban J connectivity index is 1.38. The van der Waals surface area contributed by atoms with Gasteiger partial charge in [-0.3, -0.25) is 9.35 Å². The maximum atomic E-state index is 12.9. The lowest BCUT2D eigenvalue weighted by atomic mass is 9.75. The number of hydrogen-bond acceptors (Lipinski definition) is 26. The second-order valence-corrected chi connectivity index (χ2v) is 30.1. The molecule has 2 N–H and O–H groups in total.